The molecule has 7 nitrogen and oxygen atoms in total. The SMILES string of the molecule is COCCNc1nc(Nc2ccc(C)c(C)c2)c2cnn(C)c2n1. The van der Waals surface area contributed by atoms with Gasteiger partial charge in [-0.1, -0.05) is 6.07 Å². The normalized spacial score (nSPS) is 11.0. The second-order valence-corrected chi connectivity index (χ2v) is 5.74. The van der Waals surface area contributed by atoms with Gasteiger partial charge in [0, 0.05) is 26.4 Å². The van der Waals surface area contributed by atoms with Crippen molar-refractivity contribution in [2.45, 2.75) is 13.8 Å². The number of aromatic nitrogens is 4. The van der Waals surface area contributed by atoms with E-state index in [1.54, 1.807) is 18.0 Å². The minimum Gasteiger partial charge on any atom is -0.383 e. The molecule has 0 atom stereocenters. The van der Waals surface area contributed by atoms with E-state index in [1.807, 2.05) is 13.1 Å². The van der Waals surface area contributed by atoms with Crippen LogP contribution in [0, 0.1) is 13.8 Å². The highest BCUT2D eigenvalue weighted by atomic mass is 16.5. The summed E-state index contributed by atoms with van der Waals surface area (Å²) >= 11 is 0. The largest absolute Gasteiger partial charge is 0.383 e. The van der Waals surface area contributed by atoms with E-state index < -0.39 is 0 Å². The van der Waals surface area contributed by atoms with Crippen molar-refractivity contribution in [3.63, 3.8) is 0 Å². The topological polar surface area (TPSA) is 76.9 Å². The van der Waals surface area contributed by atoms with Gasteiger partial charge in [0.15, 0.2) is 5.65 Å². The number of rotatable bonds is 6. The third kappa shape index (κ3) is 3.30. The number of benzene rings is 1. The third-order valence-corrected chi connectivity index (χ3v) is 3.95. The van der Waals surface area contributed by atoms with E-state index >= 15 is 0 Å². The lowest BCUT2D eigenvalue weighted by Gasteiger charge is -2.11. The van der Waals surface area contributed by atoms with E-state index in [2.05, 4.69) is 51.7 Å². The van der Waals surface area contributed by atoms with Crippen molar-refractivity contribution in [3.8, 4) is 0 Å². The summed E-state index contributed by atoms with van der Waals surface area (Å²) in [5.74, 6) is 1.28. The van der Waals surface area contributed by atoms with Gasteiger partial charge in [0.05, 0.1) is 18.2 Å². The zero-order valence-electron chi connectivity index (χ0n) is 14.4. The van der Waals surface area contributed by atoms with Gasteiger partial charge in [-0.2, -0.15) is 15.1 Å². The van der Waals surface area contributed by atoms with Crippen molar-refractivity contribution < 1.29 is 4.74 Å². The summed E-state index contributed by atoms with van der Waals surface area (Å²) in [5.41, 5.74) is 4.26. The Hall–Kier alpha value is -2.67. The summed E-state index contributed by atoms with van der Waals surface area (Å²) in [6.07, 6.45) is 1.78. The molecule has 126 valence electrons. The van der Waals surface area contributed by atoms with Crippen LogP contribution in [0.2, 0.25) is 0 Å². The van der Waals surface area contributed by atoms with Gasteiger partial charge in [-0.05, 0) is 37.1 Å². The monoisotopic (exact) mass is 326 g/mol. The molecule has 0 aliphatic heterocycles. The van der Waals surface area contributed by atoms with Crippen LogP contribution in [0.25, 0.3) is 11.0 Å². The molecule has 0 aliphatic rings. The fourth-order valence-electron chi connectivity index (χ4n) is 2.42. The molecule has 1 aromatic carbocycles. The number of nitrogens with zero attached hydrogens (tertiary/aromatic N) is 4. The van der Waals surface area contributed by atoms with Gasteiger partial charge in [-0.15, -0.1) is 0 Å². The Morgan fingerprint density at radius 3 is 2.75 bits per heavy atom. The fourth-order valence-corrected chi connectivity index (χ4v) is 2.42. The molecule has 2 N–H and O–H groups in total. The van der Waals surface area contributed by atoms with E-state index in [0.29, 0.717) is 19.1 Å². The number of hydrogen-bond donors (Lipinski definition) is 2. The van der Waals surface area contributed by atoms with Crippen molar-refractivity contribution in [3.05, 3.63) is 35.5 Å². The smallest absolute Gasteiger partial charge is 0.226 e. The number of fused-ring (bicyclic) bond motifs is 1. The summed E-state index contributed by atoms with van der Waals surface area (Å²) in [4.78, 5) is 9.11. The Kier molecular flexibility index (Phi) is 4.61. The number of anilines is 3. The first-order valence-electron chi connectivity index (χ1n) is 7.85. The molecular weight excluding hydrogens is 304 g/mol. The second-order valence-electron chi connectivity index (χ2n) is 5.74. The van der Waals surface area contributed by atoms with Crippen LogP contribution >= 0.6 is 0 Å². The van der Waals surface area contributed by atoms with Gasteiger partial charge in [-0.3, -0.25) is 4.68 Å². The highest BCUT2D eigenvalue weighted by Gasteiger charge is 2.12. The van der Waals surface area contributed by atoms with Gasteiger partial charge >= 0.3 is 0 Å². The number of nitrogens with one attached hydrogen (secondary N) is 2. The molecule has 3 rings (SSSR count). The van der Waals surface area contributed by atoms with Crippen LogP contribution in [0.4, 0.5) is 17.5 Å². The van der Waals surface area contributed by atoms with Gasteiger partial charge in [0.2, 0.25) is 5.95 Å². The highest BCUT2D eigenvalue weighted by molar-refractivity contribution is 5.89. The maximum Gasteiger partial charge on any atom is 0.226 e. The average Bonchev–Trinajstić information content (AvgIpc) is 2.93. The quantitative estimate of drug-likeness (QED) is 0.678. The van der Waals surface area contributed by atoms with Crippen LogP contribution in [-0.2, 0) is 11.8 Å². The van der Waals surface area contributed by atoms with Crippen molar-refractivity contribution in [2.24, 2.45) is 7.05 Å². The lowest BCUT2D eigenvalue weighted by atomic mass is 10.1. The van der Waals surface area contributed by atoms with E-state index in [9.17, 15) is 0 Å². The van der Waals surface area contributed by atoms with Crippen LogP contribution in [0.15, 0.2) is 24.4 Å². The fraction of sp³-hybridized carbons (Fsp3) is 0.353. The van der Waals surface area contributed by atoms with E-state index in [0.717, 1.165) is 22.5 Å². The molecule has 0 amide bonds. The first kappa shape index (κ1) is 16.2. The summed E-state index contributed by atoms with van der Waals surface area (Å²) in [6, 6.07) is 6.25. The summed E-state index contributed by atoms with van der Waals surface area (Å²) in [7, 11) is 3.54. The van der Waals surface area contributed by atoms with Gasteiger partial charge in [0.1, 0.15) is 5.82 Å². The van der Waals surface area contributed by atoms with Crippen LogP contribution in [0.3, 0.4) is 0 Å². The molecule has 7 heteroatoms. The van der Waals surface area contributed by atoms with Gasteiger partial charge in [-0.25, -0.2) is 0 Å². The Morgan fingerprint density at radius 2 is 2.00 bits per heavy atom. The first-order chi connectivity index (χ1) is 11.6. The van der Waals surface area contributed by atoms with E-state index in [4.69, 9.17) is 4.74 Å². The molecule has 2 heterocycles. The molecule has 0 radical (unpaired) electrons. The highest BCUT2D eigenvalue weighted by Crippen LogP contribution is 2.25. The molecule has 24 heavy (non-hydrogen) atoms. The Balaban J connectivity index is 1.96. The van der Waals surface area contributed by atoms with Crippen LogP contribution < -0.4 is 10.6 Å². The zero-order valence-corrected chi connectivity index (χ0v) is 14.4. The average molecular weight is 326 g/mol. The van der Waals surface area contributed by atoms with Crippen molar-refractivity contribution >= 4 is 28.5 Å². The number of aryl methyl sites for hydroxylation is 3. The number of ether oxygens (including phenoxy) is 1. The molecule has 0 fully saturated rings. The van der Waals surface area contributed by atoms with Gasteiger partial charge < -0.3 is 15.4 Å². The lowest BCUT2D eigenvalue weighted by Crippen LogP contribution is -2.11. The molecule has 3 aromatic rings. The van der Waals surface area contributed by atoms with Crippen molar-refractivity contribution in [1.82, 2.24) is 19.7 Å². The van der Waals surface area contributed by atoms with Crippen LogP contribution in [0.5, 0.6) is 0 Å². The second kappa shape index (κ2) is 6.84. The number of hydrogen-bond acceptors (Lipinski definition) is 6. The summed E-state index contributed by atoms with van der Waals surface area (Å²) in [5, 5.41) is 11.7. The summed E-state index contributed by atoms with van der Waals surface area (Å²) in [6.45, 7) is 5.43. The predicted molar refractivity (Wildman–Crippen MR) is 95.9 cm³/mol. The first-order valence-corrected chi connectivity index (χ1v) is 7.85. The Bertz CT molecular complexity index is 858. The zero-order chi connectivity index (χ0) is 17.1. The van der Waals surface area contributed by atoms with Crippen molar-refractivity contribution in [1.29, 1.82) is 0 Å². The van der Waals surface area contributed by atoms with Gasteiger partial charge in [0.25, 0.3) is 0 Å². The molecular formula is C17H22N6O. The maximum atomic E-state index is 5.06. The van der Waals surface area contributed by atoms with E-state index in [1.165, 1.54) is 11.1 Å². The third-order valence-electron chi connectivity index (χ3n) is 3.95. The molecule has 0 aliphatic carbocycles. The number of methoxy groups -OCH3 is 1. The minimum absolute atomic E-state index is 0.550. The molecule has 0 saturated heterocycles. The molecule has 0 bridgehead atoms. The molecule has 0 unspecified atom stereocenters. The summed E-state index contributed by atoms with van der Waals surface area (Å²) < 4.78 is 6.80. The Labute approximate surface area is 141 Å². The van der Waals surface area contributed by atoms with Crippen LogP contribution in [-0.4, -0.2) is 40.0 Å². The van der Waals surface area contributed by atoms with Crippen molar-refractivity contribution in [2.75, 3.05) is 30.9 Å². The molecule has 2 aromatic heterocycles. The molecule has 0 saturated carbocycles. The molecule has 0 spiro atoms. The van der Waals surface area contributed by atoms with Crippen LogP contribution in [0.1, 0.15) is 11.1 Å². The lowest BCUT2D eigenvalue weighted by molar-refractivity contribution is 0.210. The predicted octanol–water partition coefficient (Wildman–Crippen LogP) is 2.78. The maximum absolute atomic E-state index is 5.06. The Morgan fingerprint density at radius 1 is 1.17 bits per heavy atom. The van der Waals surface area contributed by atoms with E-state index in [-0.39, 0.29) is 0 Å². The standard InChI is InChI=1S/C17H22N6O/c1-11-5-6-13(9-12(11)2)20-15-14-10-19-23(3)16(14)22-17(21-15)18-7-8-24-4/h5-6,9-10H,7-8H2,1-4H3,(H2,18,20,21,22). The minimum atomic E-state index is 0.550.